The first kappa shape index (κ1) is 14.2. The van der Waals surface area contributed by atoms with E-state index < -0.39 is 0 Å². The standard InChI is InChI=1S/C12H16N6OS/c1-8-6-9(17(2)16-8)7-13-12(20)15-11(19)10-4-5-14-18(10)3/h4-6H,7H2,1-3H3,(H2,13,15,19,20). The first-order valence-corrected chi connectivity index (χ1v) is 6.45. The summed E-state index contributed by atoms with van der Waals surface area (Å²) in [7, 11) is 3.56. The Morgan fingerprint density at radius 2 is 2.15 bits per heavy atom. The van der Waals surface area contributed by atoms with Gasteiger partial charge in [-0.3, -0.25) is 19.5 Å². The van der Waals surface area contributed by atoms with E-state index in [9.17, 15) is 4.79 Å². The van der Waals surface area contributed by atoms with Crippen LogP contribution >= 0.6 is 12.2 Å². The number of nitrogens with one attached hydrogen (secondary N) is 2. The van der Waals surface area contributed by atoms with Crippen LogP contribution in [0.4, 0.5) is 0 Å². The third-order valence-electron chi connectivity index (χ3n) is 2.81. The highest BCUT2D eigenvalue weighted by molar-refractivity contribution is 7.80. The number of aryl methyl sites for hydroxylation is 3. The Balaban J connectivity index is 1.89. The van der Waals surface area contributed by atoms with Gasteiger partial charge in [-0.15, -0.1) is 0 Å². The predicted molar refractivity (Wildman–Crippen MR) is 78.1 cm³/mol. The molecule has 0 fully saturated rings. The monoisotopic (exact) mass is 292 g/mol. The number of hydrogen-bond acceptors (Lipinski definition) is 4. The molecule has 0 saturated carbocycles. The van der Waals surface area contributed by atoms with Crippen molar-refractivity contribution in [1.82, 2.24) is 30.2 Å². The molecule has 0 radical (unpaired) electrons. The van der Waals surface area contributed by atoms with Gasteiger partial charge in [-0.25, -0.2) is 0 Å². The minimum atomic E-state index is -0.288. The molecule has 2 N–H and O–H groups in total. The van der Waals surface area contributed by atoms with Gasteiger partial charge in [0.15, 0.2) is 5.11 Å². The molecule has 0 saturated heterocycles. The maximum atomic E-state index is 11.9. The number of carbonyl (C=O) groups excluding carboxylic acids is 1. The van der Waals surface area contributed by atoms with Crippen LogP contribution in [0.5, 0.6) is 0 Å². The van der Waals surface area contributed by atoms with Gasteiger partial charge in [0.25, 0.3) is 5.91 Å². The number of rotatable bonds is 3. The van der Waals surface area contributed by atoms with Gasteiger partial charge < -0.3 is 5.32 Å². The largest absolute Gasteiger partial charge is 0.357 e. The third-order valence-corrected chi connectivity index (χ3v) is 3.06. The van der Waals surface area contributed by atoms with E-state index in [4.69, 9.17) is 12.2 Å². The topological polar surface area (TPSA) is 76.8 Å². The lowest BCUT2D eigenvalue weighted by molar-refractivity contribution is 0.0967. The van der Waals surface area contributed by atoms with Crippen molar-refractivity contribution in [3.63, 3.8) is 0 Å². The maximum Gasteiger partial charge on any atom is 0.275 e. The molecule has 0 aromatic carbocycles. The van der Waals surface area contributed by atoms with Crippen molar-refractivity contribution in [2.45, 2.75) is 13.5 Å². The SMILES string of the molecule is Cc1cc(CNC(=S)NC(=O)c2ccnn2C)n(C)n1. The van der Waals surface area contributed by atoms with Crippen molar-refractivity contribution in [2.24, 2.45) is 14.1 Å². The van der Waals surface area contributed by atoms with Crippen molar-refractivity contribution >= 4 is 23.2 Å². The molecule has 0 spiro atoms. The summed E-state index contributed by atoms with van der Waals surface area (Å²) in [5.74, 6) is -0.288. The third kappa shape index (κ3) is 3.21. The molecule has 1 amide bonds. The minimum absolute atomic E-state index is 0.273. The van der Waals surface area contributed by atoms with E-state index in [0.29, 0.717) is 12.2 Å². The Kier molecular flexibility index (Phi) is 4.14. The van der Waals surface area contributed by atoms with Crippen LogP contribution in [0.2, 0.25) is 0 Å². The molecule has 0 aliphatic heterocycles. The zero-order valence-corrected chi connectivity index (χ0v) is 12.4. The van der Waals surface area contributed by atoms with Gasteiger partial charge in [-0.1, -0.05) is 0 Å². The van der Waals surface area contributed by atoms with Crippen LogP contribution < -0.4 is 10.6 Å². The highest BCUT2D eigenvalue weighted by atomic mass is 32.1. The van der Waals surface area contributed by atoms with Gasteiger partial charge in [0.2, 0.25) is 0 Å². The molecule has 0 atom stereocenters. The summed E-state index contributed by atoms with van der Waals surface area (Å²) in [6, 6.07) is 3.58. The van der Waals surface area contributed by atoms with Crippen LogP contribution in [-0.2, 0) is 20.6 Å². The van der Waals surface area contributed by atoms with Crippen LogP contribution in [0.1, 0.15) is 21.9 Å². The molecule has 7 nitrogen and oxygen atoms in total. The van der Waals surface area contributed by atoms with Crippen LogP contribution in [0.15, 0.2) is 18.3 Å². The molecule has 0 aliphatic rings. The fraction of sp³-hybridized carbons (Fsp3) is 0.333. The number of thiocarbonyl (C=S) groups is 1. The minimum Gasteiger partial charge on any atom is -0.357 e. The summed E-state index contributed by atoms with van der Waals surface area (Å²) in [5.41, 5.74) is 2.37. The highest BCUT2D eigenvalue weighted by Gasteiger charge is 2.11. The zero-order valence-electron chi connectivity index (χ0n) is 11.5. The molecule has 0 aliphatic carbocycles. The van der Waals surface area contributed by atoms with Crippen LogP contribution in [0.3, 0.4) is 0 Å². The molecule has 2 aromatic rings. The molecule has 0 bridgehead atoms. The Morgan fingerprint density at radius 3 is 2.70 bits per heavy atom. The Hall–Kier alpha value is -2.22. The van der Waals surface area contributed by atoms with E-state index in [2.05, 4.69) is 20.8 Å². The quantitative estimate of drug-likeness (QED) is 0.794. The zero-order chi connectivity index (χ0) is 14.7. The maximum absolute atomic E-state index is 11.9. The molecular formula is C12H16N6OS. The van der Waals surface area contributed by atoms with Gasteiger partial charge in [0.1, 0.15) is 5.69 Å². The van der Waals surface area contributed by atoms with Crippen LogP contribution in [0, 0.1) is 6.92 Å². The van der Waals surface area contributed by atoms with Gasteiger partial charge in [0.05, 0.1) is 17.9 Å². The first-order chi connectivity index (χ1) is 9.47. The fourth-order valence-electron chi connectivity index (χ4n) is 1.81. The van der Waals surface area contributed by atoms with Gasteiger partial charge in [0, 0.05) is 20.3 Å². The van der Waals surface area contributed by atoms with Crippen LogP contribution in [-0.4, -0.2) is 30.6 Å². The molecule has 0 unspecified atom stereocenters. The summed E-state index contributed by atoms with van der Waals surface area (Å²) in [5, 5.41) is 14.0. The van der Waals surface area contributed by atoms with Crippen molar-refractivity contribution in [3.8, 4) is 0 Å². The summed E-state index contributed by atoms with van der Waals surface area (Å²) in [4.78, 5) is 11.9. The van der Waals surface area contributed by atoms with E-state index in [0.717, 1.165) is 11.4 Å². The number of aromatic nitrogens is 4. The lowest BCUT2D eigenvalue weighted by atomic mass is 10.3. The summed E-state index contributed by atoms with van der Waals surface area (Å²) in [6.45, 7) is 2.42. The van der Waals surface area contributed by atoms with E-state index in [1.165, 1.54) is 4.68 Å². The molecule has 8 heteroatoms. The number of hydrogen-bond donors (Lipinski definition) is 2. The second kappa shape index (κ2) is 5.83. The molecule has 2 aromatic heterocycles. The van der Waals surface area contributed by atoms with Crippen molar-refractivity contribution < 1.29 is 4.79 Å². The summed E-state index contributed by atoms with van der Waals surface area (Å²) >= 11 is 5.09. The van der Waals surface area contributed by atoms with E-state index in [-0.39, 0.29) is 11.0 Å². The number of amides is 1. The molecule has 106 valence electrons. The lowest BCUT2D eigenvalue weighted by Gasteiger charge is -2.09. The second-order valence-electron chi connectivity index (χ2n) is 4.38. The molecular weight excluding hydrogens is 276 g/mol. The van der Waals surface area contributed by atoms with E-state index in [1.54, 1.807) is 24.0 Å². The van der Waals surface area contributed by atoms with E-state index >= 15 is 0 Å². The van der Waals surface area contributed by atoms with Crippen molar-refractivity contribution in [3.05, 3.63) is 35.4 Å². The summed E-state index contributed by atoms with van der Waals surface area (Å²) in [6.07, 6.45) is 1.56. The van der Waals surface area contributed by atoms with Gasteiger partial charge in [-0.2, -0.15) is 10.2 Å². The second-order valence-corrected chi connectivity index (χ2v) is 4.79. The fourth-order valence-corrected chi connectivity index (χ4v) is 1.97. The van der Waals surface area contributed by atoms with Crippen molar-refractivity contribution in [2.75, 3.05) is 0 Å². The number of carbonyl (C=O) groups is 1. The van der Waals surface area contributed by atoms with E-state index in [1.807, 2.05) is 20.0 Å². The lowest BCUT2D eigenvalue weighted by Crippen LogP contribution is -2.39. The molecule has 20 heavy (non-hydrogen) atoms. The predicted octanol–water partition coefficient (Wildman–Crippen LogP) is 0.267. The Bertz CT molecular complexity index is 644. The number of nitrogens with zero attached hydrogens (tertiary/aromatic N) is 4. The normalized spacial score (nSPS) is 10.3. The van der Waals surface area contributed by atoms with Gasteiger partial charge in [-0.05, 0) is 31.3 Å². The molecule has 2 rings (SSSR count). The first-order valence-electron chi connectivity index (χ1n) is 6.04. The van der Waals surface area contributed by atoms with Crippen LogP contribution in [0.25, 0.3) is 0 Å². The Morgan fingerprint density at radius 1 is 1.40 bits per heavy atom. The highest BCUT2D eigenvalue weighted by Crippen LogP contribution is 2.01. The van der Waals surface area contributed by atoms with Crippen molar-refractivity contribution in [1.29, 1.82) is 0 Å². The average Bonchev–Trinajstić information content (AvgIpc) is 2.92. The van der Waals surface area contributed by atoms with Gasteiger partial charge >= 0.3 is 0 Å². The Labute approximate surface area is 122 Å². The summed E-state index contributed by atoms with van der Waals surface area (Å²) < 4.78 is 3.26. The molecule has 2 heterocycles. The smallest absolute Gasteiger partial charge is 0.275 e. The average molecular weight is 292 g/mol.